The molecule has 1 amide bonds. The molecule has 0 aromatic carbocycles. The summed E-state index contributed by atoms with van der Waals surface area (Å²) in [5, 5.41) is 1.85. The van der Waals surface area contributed by atoms with E-state index in [1.54, 1.807) is 5.51 Å². The van der Waals surface area contributed by atoms with Crippen LogP contribution in [-0.2, 0) is 6.54 Å². The van der Waals surface area contributed by atoms with Crippen LogP contribution in [0.2, 0.25) is 0 Å². The summed E-state index contributed by atoms with van der Waals surface area (Å²) in [5.41, 5.74) is 3.91. The molecule has 2 aromatic heterocycles. The van der Waals surface area contributed by atoms with E-state index in [1.807, 2.05) is 28.6 Å². The summed E-state index contributed by atoms with van der Waals surface area (Å²) < 4.78 is 0. The number of piperidine rings is 1. The van der Waals surface area contributed by atoms with E-state index in [0.29, 0.717) is 17.2 Å². The Kier molecular flexibility index (Phi) is 4.56. The third-order valence-electron chi connectivity index (χ3n) is 5.86. The minimum atomic E-state index is 0.0965. The SMILES string of the molecule is CN(Cc1ccccn1)C1CC2(CCN(C(=O)c3cscn3)CC2)C1. The molecule has 0 N–H and O–H groups in total. The molecule has 1 spiro atoms. The number of pyridine rings is 1. The Bertz CT molecular complexity index is 702. The van der Waals surface area contributed by atoms with Gasteiger partial charge in [-0.2, -0.15) is 0 Å². The summed E-state index contributed by atoms with van der Waals surface area (Å²) >= 11 is 1.48. The van der Waals surface area contributed by atoms with Crippen LogP contribution >= 0.6 is 11.3 Å². The summed E-state index contributed by atoms with van der Waals surface area (Å²) in [5.74, 6) is 0.0965. The van der Waals surface area contributed by atoms with Crippen molar-refractivity contribution in [1.82, 2.24) is 19.8 Å². The summed E-state index contributed by atoms with van der Waals surface area (Å²) in [6.45, 7) is 2.65. The lowest BCUT2D eigenvalue weighted by Crippen LogP contribution is -2.54. The first-order chi connectivity index (χ1) is 12.2. The highest BCUT2D eigenvalue weighted by Gasteiger charge is 2.47. The zero-order chi connectivity index (χ0) is 17.3. The largest absolute Gasteiger partial charge is 0.337 e. The fourth-order valence-electron chi connectivity index (χ4n) is 4.20. The molecule has 3 heterocycles. The molecule has 2 fully saturated rings. The highest BCUT2D eigenvalue weighted by atomic mass is 32.1. The van der Waals surface area contributed by atoms with E-state index in [4.69, 9.17) is 0 Å². The average Bonchev–Trinajstić information content (AvgIpc) is 3.14. The van der Waals surface area contributed by atoms with Crippen molar-refractivity contribution in [3.8, 4) is 0 Å². The molecule has 1 saturated carbocycles. The third-order valence-corrected chi connectivity index (χ3v) is 6.45. The molecule has 1 aliphatic heterocycles. The van der Waals surface area contributed by atoms with Gasteiger partial charge in [0, 0.05) is 37.3 Å². The number of nitrogens with zero attached hydrogens (tertiary/aromatic N) is 4. The van der Waals surface area contributed by atoms with Gasteiger partial charge in [0.05, 0.1) is 11.2 Å². The van der Waals surface area contributed by atoms with Crippen molar-refractivity contribution in [2.45, 2.75) is 38.3 Å². The van der Waals surface area contributed by atoms with Crippen LogP contribution in [0.1, 0.15) is 41.9 Å². The Balaban J connectivity index is 1.27. The molecule has 0 radical (unpaired) electrons. The summed E-state index contributed by atoms with van der Waals surface area (Å²) in [7, 11) is 2.20. The topological polar surface area (TPSA) is 49.3 Å². The van der Waals surface area contributed by atoms with Gasteiger partial charge in [-0.05, 0) is 50.3 Å². The van der Waals surface area contributed by atoms with Crippen LogP contribution in [0.3, 0.4) is 0 Å². The van der Waals surface area contributed by atoms with E-state index in [-0.39, 0.29) is 5.91 Å². The molecule has 5 nitrogen and oxygen atoms in total. The molecule has 132 valence electrons. The standard InChI is InChI=1S/C19H24N4OS/c1-22(12-15-4-2-3-7-20-15)16-10-19(11-16)5-8-23(9-6-19)18(24)17-13-25-14-21-17/h2-4,7,13-14,16H,5-6,8-12H2,1H3. The molecule has 4 rings (SSSR count). The first-order valence-electron chi connectivity index (χ1n) is 8.93. The number of carbonyl (C=O) groups excluding carboxylic acids is 1. The molecule has 2 aliphatic rings. The van der Waals surface area contributed by atoms with Gasteiger partial charge in [-0.25, -0.2) is 4.98 Å². The van der Waals surface area contributed by atoms with Crippen molar-refractivity contribution >= 4 is 17.2 Å². The zero-order valence-corrected chi connectivity index (χ0v) is 15.4. The van der Waals surface area contributed by atoms with E-state index in [1.165, 1.54) is 24.2 Å². The fourth-order valence-corrected chi connectivity index (χ4v) is 4.73. The lowest BCUT2D eigenvalue weighted by Gasteiger charge is -2.54. The third kappa shape index (κ3) is 3.46. The number of likely N-dealkylation sites (tertiary alicyclic amines) is 1. The van der Waals surface area contributed by atoms with E-state index in [2.05, 4.69) is 28.0 Å². The molecule has 0 atom stereocenters. The normalized spacial score (nSPS) is 20.0. The van der Waals surface area contributed by atoms with Gasteiger partial charge in [-0.15, -0.1) is 11.3 Å². The minimum Gasteiger partial charge on any atom is -0.337 e. The number of carbonyl (C=O) groups is 1. The van der Waals surface area contributed by atoms with Crippen LogP contribution in [0.4, 0.5) is 0 Å². The zero-order valence-electron chi connectivity index (χ0n) is 14.6. The summed E-state index contributed by atoms with van der Waals surface area (Å²) in [6.07, 6.45) is 6.60. The average molecular weight is 356 g/mol. The van der Waals surface area contributed by atoms with Crippen molar-refractivity contribution in [1.29, 1.82) is 0 Å². The molecular formula is C19H24N4OS. The Morgan fingerprint density at radius 1 is 1.32 bits per heavy atom. The predicted molar refractivity (Wildman–Crippen MR) is 98.4 cm³/mol. The number of aromatic nitrogens is 2. The van der Waals surface area contributed by atoms with Crippen LogP contribution in [-0.4, -0.2) is 51.9 Å². The van der Waals surface area contributed by atoms with Crippen molar-refractivity contribution in [2.75, 3.05) is 20.1 Å². The van der Waals surface area contributed by atoms with Gasteiger partial charge in [0.2, 0.25) is 0 Å². The maximum Gasteiger partial charge on any atom is 0.273 e. The van der Waals surface area contributed by atoms with Gasteiger partial charge in [0.1, 0.15) is 5.69 Å². The summed E-state index contributed by atoms with van der Waals surface area (Å²) in [6, 6.07) is 6.74. The smallest absolute Gasteiger partial charge is 0.273 e. The van der Waals surface area contributed by atoms with Gasteiger partial charge >= 0.3 is 0 Å². The van der Waals surface area contributed by atoms with E-state index in [0.717, 1.165) is 38.2 Å². The van der Waals surface area contributed by atoms with Gasteiger partial charge < -0.3 is 4.90 Å². The minimum absolute atomic E-state index is 0.0965. The number of hydrogen-bond acceptors (Lipinski definition) is 5. The molecule has 1 aliphatic carbocycles. The lowest BCUT2D eigenvalue weighted by molar-refractivity contribution is -0.0332. The van der Waals surface area contributed by atoms with Crippen LogP contribution < -0.4 is 0 Å². The molecule has 0 bridgehead atoms. The van der Waals surface area contributed by atoms with Gasteiger partial charge in [0.25, 0.3) is 5.91 Å². The van der Waals surface area contributed by atoms with Gasteiger partial charge in [-0.3, -0.25) is 14.7 Å². The maximum absolute atomic E-state index is 12.4. The van der Waals surface area contributed by atoms with Crippen molar-refractivity contribution in [3.63, 3.8) is 0 Å². The molecule has 2 aromatic rings. The molecule has 1 saturated heterocycles. The second kappa shape index (κ2) is 6.84. The highest BCUT2D eigenvalue weighted by molar-refractivity contribution is 7.07. The van der Waals surface area contributed by atoms with Crippen molar-refractivity contribution in [3.05, 3.63) is 46.7 Å². The predicted octanol–water partition coefficient (Wildman–Crippen LogP) is 3.05. The van der Waals surface area contributed by atoms with Crippen LogP contribution in [0.25, 0.3) is 0 Å². The second-order valence-corrected chi connectivity index (χ2v) is 8.18. The Morgan fingerprint density at radius 2 is 2.12 bits per heavy atom. The van der Waals surface area contributed by atoms with Gasteiger partial charge in [0.15, 0.2) is 0 Å². The first kappa shape index (κ1) is 16.7. The number of rotatable bonds is 4. The monoisotopic (exact) mass is 356 g/mol. The van der Waals surface area contributed by atoms with Crippen LogP contribution in [0.5, 0.6) is 0 Å². The molecular weight excluding hydrogens is 332 g/mol. The lowest BCUT2D eigenvalue weighted by atomic mass is 9.60. The van der Waals surface area contributed by atoms with E-state index in [9.17, 15) is 4.79 Å². The first-order valence-corrected chi connectivity index (χ1v) is 9.87. The Morgan fingerprint density at radius 3 is 2.76 bits per heavy atom. The molecule has 0 unspecified atom stereocenters. The second-order valence-electron chi connectivity index (χ2n) is 7.46. The van der Waals surface area contributed by atoms with Crippen LogP contribution in [0.15, 0.2) is 35.3 Å². The Hall–Kier alpha value is -1.79. The quantitative estimate of drug-likeness (QED) is 0.845. The maximum atomic E-state index is 12.4. The highest BCUT2D eigenvalue weighted by Crippen LogP contribution is 2.50. The van der Waals surface area contributed by atoms with E-state index >= 15 is 0 Å². The summed E-state index contributed by atoms with van der Waals surface area (Å²) in [4.78, 5) is 25.4. The van der Waals surface area contributed by atoms with Crippen molar-refractivity contribution in [2.24, 2.45) is 5.41 Å². The Labute approximate surface area is 152 Å². The van der Waals surface area contributed by atoms with Gasteiger partial charge in [-0.1, -0.05) is 6.07 Å². The van der Waals surface area contributed by atoms with Crippen molar-refractivity contribution < 1.29 is 4.79 Å². The van der Waals surface area contributed by atoms with E-state index < -0.39 is 0 Å². The number of thiazole rings is 1. The fraction of sp³-hybridized carbons (Fsp3) is 0.526. The van der Waals surface area contributed by atoms with Crippen LogP contribution in [0, 0.1) is 5.41 Å². The molecule has 6 heteroatoms. The number of amides is 1. The number of hydrogen-bond donors (Lipinski definition) is 0. The molecule has 25 heavy (non-hydrogen) atoms.